The number of piperidine rings is 1. The van der Waals surface area contributed by atoms with E-state index >= 15 is 0 Å². The number of amides is 1. The second-order valence-electron chi connectivity index (χ2n) is 8.87. The summed E-state index contributed by atoms with van der Waals surface area (Å²) < 4.78 is 0. The average molecular weight is 415 g/mol. The third-order valence-electron chi connectivity index (χ3n) is 7.03. The Morgan fingerprint density at radius 1 is 1.21 bits per heavy atom. The number of anilines is 1. The standard InChI is InChI=1S/C23H34N4OS/c1-4-5-7-17-8-6-9-19(17)26-22(28)18-10-12-27(13-11-18)21-20-15(2)16(3)29-23(20)25-14-24-21/h14,17-19H,4-13H2,1-3H3,(H,26,28). The monoisotopic (exact) mass is 414 g/mol. The second-order valence-corrected chi connectivity index (χ2v) is 10.1. The van der Waals surface area contributed by atoms with E-state index in [2.05, 4.69) is 41.0 Å². The van der Waals surface area contributed by atoms with Gasteiger partial charge in [-0.1, -0.05) is 26.2 Å². The van der Waals surface area contributed by atoms with Crippen molar-refractivity contribution >= 4 is 33.3 Å². The zero-order valence-electron chi connectivity index (χ0n) is 18.0. The van der Waals surface area contributed by atoms with E-state index in [0.717, 1.165) is 43.0 Å². The smallest absolute Gasteiger partial charge is 0.223 e. The van der Waals surface area contributed by atoms with Crippen LogP contribution in [0.4, 0.5) is 5.82 Å². The third-order valence-corrected chi connectivity index (χ3v) is 8.14. The van der Waals surface area contributed by atoms with Crippen molar-refractivity contribution in [2.45, 2.75) is 78.2 Å². The number of thiophene rings is 1. The summed E-state index contributed by atoms with van der Waals surface area (Å²) in [7, 11) is 0. The molecule has 0 bridgehead atoms. The van der Waals surface area contributed by atoms with Crippen molar-refractivity contribution in [2.75, 3.05) is 18.0 Å². The van der Waals surface area contributed by atoms with Crippen molar-refractivity contribution in [1.82, 2.24) is 15.3 Å². The average Bonchev–Trinajstić information content (AvgIpc) is 3.30. The molecule has 2 aromatic rings. The molecule has 2 unspecified atom stereocenters. The van der Waals surface area contributed by atoms with Crippen LogP contribution in [-0.2, 0) is 4.79 Å². The Bertz CT molecular complexity index is 856. The quantitative estimate of drug-likeness (QED) is 0.723. The molecule has 0 radical (unpaired) electrons. The number of carbonyl (C=O) groups excluding carboxylic acids is 1. The first-order valence-electron chi connectivity index (χ1n) is 11.3. The fourth-order valence-corrected chi connectivity index (χ4v) is 6.09. The molecule has 1 amide bonds. The van der Waals surface area contributed by atoms with E-state index in [-0.39, 0.29) is 11.8 Å². The predicted octanol–water partition coefficient (Wildman–Crippen LogP) is 5.00. The van der Waals surface area contributed by atoms with Crippen molar-refractivity contribution in [1.29, 1.82) is 0 Å². The topological polar surface area (TPSA) is 58.1 Å². The molecule has 1 aliphatic heterocycles. The van der Waals surface area contributed by atoms with E-state index in [4.69, 9.17) is 0 Å². The first kappa shape index (κ1) is 20.6. The molecule has 2 fully saturated rings. The molecule has 2 aliphatic rings. The Morgan fingerprint density at radius 2 is 2.00 bits per heavy atom. The molecule has 1 aliphatic carbocycles. The molecular weight excluding hydrogens is 380 g/mol. The van der Waals surface area contributed by atoms with Gasteiger partial charge in [0, 0.05) is 29.9 Å². The number of hydrogen-bond acceptors (Lipinski definition) is 5. The number of aryl methyl sites for hydroxylation is 2. The number of unbranched alkanes of at least 4 members (excludes halogenated alkanes) is 1. The lowest BCUT2D eigenvalue weighted by molar-refractivity contribution is -0.126. The van der Waals surface area contributed by atoms with Crippen LogP contribution in [0.5, 0.6) is 0 Å². The maximum absolute atomic E-state index is 12.9. The maximum Gasteiger partial charge on any atom is 0.223 e. The summed E-state index contributed by atoms with van der Waals surface area (Å²) in [6.07, 6.45) is 11.0. The van der Waals surface area contributed by atoms with Gasteiger partial charge in [-0.05, 0) is 57.4 Å². The zero-order valence-corrected chi connectivity index (χ0v) is 18.9. The van der Waals surface area contributed by atoms with E-state index in [1.807, 2.05) is 0 Å². The molecular formula is C23H34N4OS. The Morgan fingerprint density at radius 3 is 2.76 bits per heavy atom. The van der Waals surface area contributed by atoms with E-state index in [1.54, 1.807) is 17.7 Å². The van der Waals surface area contributed by atoms with Crippen LogP contribution in [0.15, 0.2) is 6.33 Å². The van der Waals surface area contributed by atoms with Crippen molar-refractivity contribution in [2.24, 2.45) is 11.8 Å². The van der Waals surface area contributed by atoms with E-state index in [0.29, 0.717) is 12.0 Å². The Kier molecular flexibility index (Phi) is 6.38. The van der Waals surface area contributed by atoms with Crippen LogP contribution in [0.1, 0.15) is 68.7 Å². The van der Waals surface area contributed by atoms with Crippen LogP contribution < -0.4 is 10.2 Å². The summed E-state index contributed by atoms with van der Waals surface area (Å²) >= 11 is 1.74. The third kappa shape index (κ3) is 4.27. The number of rotatable bonds is 6. The lowest BCUT2D eigenvalue weighted by Gasteiger charge is -2.33. The minimum atomic E-state index is 0.140. The van der Waals surface area contributed by atoms with Crippen molar-refractivity contribution < 1.29 is 4.79 Å². The van der Waals surface area contributed by atoms with Crippen LogP contribution in [-0.4, -0.2) is 35.0 Å². The second kappa shape index (κ2) is 8.99. The van der Waals surface area contributed by atoms with Gasteiger partial charge in [0.05, 0.1) is 5.39 Å². The number of carbonyl (C=O) groups is 1. The molecule has 1 N–H and O–H groups in total. The largest absolute Gasteiger partial charge is 0.356 e. The molecule has 1 saturated heterocycles. The molecule has 5 nitrogen and oxygen atoms in total. The Hall–Kier alpha value is -1.69. The summed E-state index contributed by atoms with van der Waals surface area (Å²) in [5.41, 5.74) is 1.29. The van der Waals surface area contributed by atoms with Gasteiger partial charge in [-0.2, -0.15) is 0 Å². The molecule has 158 valence electrons. The van der Waals surface area contributed by atoms with Crippen molar-refractivity contribution in [3.8, 4) is 0 Å². The molecule has 1 saturated carbocycles. The highest BCUT2D eigenvalue weighted by atomic mass is 32.1. The van der Waals surface area contributed by atoms with Gasteiger partial charge in [0.2, 0.25) is 5.91 Å². The molecule has 0 spiro atoms. The van der Waals surface area contributed by atoms with Gasteiger partial charge in [0.15, 0.2) is 0 Å². The fraction of sp³-hybridized carbons (Fsp3) is 0.696. The van der Waals surface area contributed by atoms with Crippen LogP contribution in [0.25, 0.3) is 10.2 Å². The van der Waals surface area contributed by atoms with Gasteiger partial charge in [0.1, 0.15) is 17.0 Å². The predicted molar refractivity (Wildman–Crippen MR) is 121 cm³/mol. The molecule has 0 aromatic carbocycles. The number of aromatic nitrogens is 2. The van der Waals surface area contributed by atoms with Gasteiger partial charge < -0.3 is 10.2 Å². The normalized spacial score (nSPS) is 23.1. The molecule has 2 atom stereocenters. The number of fused-ring (bicyclic) bond motifs is 1. The molecule has 2 aromatic heterocycles. The highest BCUT2D eigenvalue weighted by molar-refractivity contribution is 7.18. The molecule has 29 heavy (non-hydrogen) atoms. The summed E-state index contributed by atoms with van der Waals surface area (Å²) in [4.78, 5) is 26.8. The van der Waals surface area contributed by atoms with Crippen LogP contribution in [0.3, 0.4) is 0 Å². The van der Waals surface area contributed by atoms with Gasteiger partial charge in [0.25, 0.3) is 0 Å². The highest BCUT2D eigenvalue weighted by Crippen LogP contribution is 2.36. The molecule has 6 heteroatoms. The van der Waals surface area contributed by atoms with Crippen LogP contribution in [0, 0.1) is 25.7 Å². The van der Waals surface area contributed by atoms with Crippen LogP contribution in [0.2, 0.25) is 0 Å². The Balaban J connectivity index is 1.37. The van der Waals surface area contributed by atoms with Crippen molar-refractivity contribution in [3.63, 3.8) is 0 Å². The maximum atomic E-state index is 12.9. The summed E-state index contributed by atoms with van der Waals surface area (Å²) in [5, 5.41) is 4.62. The van der Waals surface area contributed by atoms with Crippen molar-refractivity contribution in [3.05, 3.63) is 16.8 Å². The van der Waals surface area contributed by atoms with E-state index in [9.17, 15) is 4.79 Å². The summed E-state index contributed by atoms with van der Waals surface area (Å²) in [5.74, 6) is 2.17. The molecule has 4 rings (SSSR count). The Labute approximate surface area is 178 Å². The summed E-state index contributed by atoms with van der Waals surface area (Å²) in [6, 6.07) is 0.407. The lowest BCUT2D eigenvalue weighted by Crippen LogP contribution is -2.45. The fourth-order valence-electron chi connectivity index (χ4n) is 5.10. The number of nitrogens with one attached hydrogen (secondary N) is 1. The lowest BCUT2D eigenvalue weighted by atomic mass is 9.93. The van der Waals surface area contributed by atoms with Gasteiger partial charge >= 0.3 is 0 Å². The van der Waals surface area contributed by atoms with Gasteiger partial charge in [-0.3, -0.25) is 4.79 Å². The van der Waals surface area contributed by atoms with E-state index in [1.165, 1.54) is 47.9 Å². The first-order chi connectivity index (χ1) is 14.1. The summed E-state index contributed by atoms with van der Waals surface area (Å²) in [6.45, 7) is 8.35. The minimum absolute atomic E-state index is 0.140. The first-order valence-corrected chi connectivity index (χ1v) is 12.2. The minimum Gasteiger partial charge on any atom is -0.356 e. The highest BCUT2D eigenvalue weighted by Gasteiger charge is 2.32. The molecule has 3 heterocycles. The number of hydrogen-bond donors (Lipinski definition) is 1. The zero-order chi connectivity index (χ0) is 20.4. The van der Waals surface area contributed by atoms with Gasteiger partial charge in [-0.15, -0.1) is 11.3 Å². The van der Waals surface area contributed by atoms with E-state index < -0.39 is 0 Å². The SMILES string of the molecule is CCCCC1CCCC1NC(=O)C1CCN(c2ncnc3sc(C)c(C)c23)CC1. The number of nitrogens with zero attached hydrogens (tertiary/aromatic N) is 3. The van der Waals surface area contributed by atoms with Crippen LogP contribution >= 0.6 is 11.3 Å². The van der Waals surface area contributed by atoms with Gasteiger partial charge in [-0.25, -0.2) is 9.97 Å².